The second-order valence-corrected chi connectivity index (χ2v) is 2.16. The molecule has 0 saturated carbocycles. The predicted octanol–water partition coefficient (Wildman–Crippen LogP) is 0.257. The summed E-state index contributed by atoms with van der Waals surface area (Å²) in [5.74, 6) is -0.414. The van der Waals surface area contributed by atoms with E-state index in [2.05, 4.69) is 0 Å². The molecule has 1 rings (SSSR count). The molecule has 0 aliphatic carbocycles. The summed E-state index contributed by atoms with van der Waals surface area (Å²) >= 11 is 0. The van der Waals surface area contributed by atoms with Gasteiger partial charge < -0.3 is 19.7 Å². The van der Waals surface area contributed by atoms with Crippen molar-refractivity contribution in [2.75, 3.05) is 13.2 Å². The van der Waals surface area contributed by atoms with Gasteiger partial charge in [0.15, 0.2) is 0 Å². The lowest BCUT2D eigenvalue weighted by atomic mass is 10.4. The van der Waals surface area contributed by atoms with Crippen molar-refractivity contribution in [3.8, 4) is 0 Å². The molecule has 0 aliphatic heterocycles. The topological polar surface area (TPSA) is 90.9 Å². The number of furan rings is 1. The first kappa shape index (κ1) is 11.7. The van der Waals surface area contributed by atoms with E-state index in [1.54, 1.807) is 13.0 Å². The van der Waals surface area contributed by atoms with Gasteiger partial charge in [-0.2, -0.15) is 0 Å². The minimum Gasteiger partial charge on any atom is -0.475 e. The molecular formula is C8H12O5. The highest BCUT2D eigenvalue weighted by atomic mass is 16.4. The first-order valence-corrected chi connectivity index (χ1v) is 3.63. The fourth-order valence-electron chi connectivity index (χ4n) is 0.549. The number of carbonyl (C=O) groups is 1. The Morgan fingerprint density at radius 2 is 1.92 bits per heavy atom. The van der Waals surface area contributed by atoms with Crippen LogP contribution in [0, 0.1) is 6.92 Å². The summed E-state index contributed by atoms with van der Waals surface area (Å²) in [6.07, 6.45) is 0. The zero-order chi connectivity index (χ0) is 10.3. The fraction of sp³-hybridized carbons (Fsp3) is 0.375. The van der Waals surface area contributed by atoms with Gasteiger partial charge in [-0.05, 0) is 19.1 Å². The standard InChI is InChI=1S/C6H6O3.C2H6O2/c1-4-2-3-5(9-4)6(7)8;3-1-2-4/h2-3H,1H3,(H,7,8);3-4H,1-2H2. The average molecular weight is 188 g/mol. The molecule has 0 spiro atoms. The van der Waals surface area contributed by atoms with Crippen LogP contribution in [0.5, 0.6) is 0 Å². The van der Waals surface area contributed by atoms with Crippen molar-refractivity contribution in [1.82, 2.24) is 0 Å². The Hall–Kier alpha value is -1.33. The summed E-state index contributed by atoms with van der Waals surface area (Å²) in [4.78, 5) is 10.1. The number of carboxylic acids is 1. The zero-order valence-corrected chi connectivity index (χ0v) is 7.23. The normalized spacial score (nSPS) is 8.85. The van der Waals surface area contributed by atoms with Gasteiger partial charge in [0.1, 0.15) is 5.76 Å². The number of hydrogen-bond donors (Lipinski definition) is 3. The molecule has 0 atom stereocenters. The Labute approximate surface area is 75.2 Å². The van der Waals surface area contributed by atoms with Crippen molar-refractivity contribution in [2.24, 2.45) is 0 Å². The molecule has 0 radical (unpaired) electrons. The highest BCUT2D eigenvalue weighted by molar-refractivity contribution is 5.84. The first-order chi connectivity index (χ1) is 6.11. The molecule has 0 saturated heterocycles. The van der Waals surface area contributed by atoms with E-state index < -0.39 is 5.97 Å². The minimum atomic E-state index is -1.02. The smallest absolute Gasteiger partial charge is 0.371 e. The lowest BCUT2D eigenvalue weighted by Gasteiger charge is -1.82. The highest BCUT2D eigenvalue weighted by Crippen LogP contribution is 2.04. The van der Waals surface area contributed by atoms with Gasteiger partial charge in [-0.25, -0.2) is 4.79 Å². The zero-order valence-electron chi connectivity index (χ0n) is 7.23. The summed E-state index contributed by atoms with van der Waals surface area (Å²) in [6, 6.07) is 3.04. The molecule has 5 nitrogen and oxygen atoms in total. The number of aromatic carboxylic acids is 1. The predicted molar refractivity (Wildman–Crippen MR) is 44.6 cm³/mol. The Bertz CT molecular complexity index is 251. The molecule has 1 aromatic rings. The molecule has 5 heteroatoms. The monoisotopic (exact) mass is 188 g/mol. The molecule has 0 fully saturated rings. The van der Waals surface area contributed by atoms with Crippen LogP contribution < -0.4 is 0 Å². The molecule has 74 valence electrons. The number of aliphatic hydroxyl groups is 2. The highest BCUT2D eigenvalue weighted by Gasteiger charge is 2.04. The molecule has 0 unspecified atom stereocenters. The minimum absolute atomic E-state index is 0.00694. The number of rotatable bonds is 2. The maximum absolute atomic E-state index is 10.1. The third-order valence-corrected chi connectivity index (χ3v) is 1.05. The Morgan fingerprint density at radius 3 is 2.08 bits per heavy atom. The van der Waals surface area contributed by atoms with Crippen molar-refractivity contribution < 1.29 is 24.5 Å². The Balaban J connectivity index is 0.000000310. The van der Waals surface area contributed by atoms with Crippen molar-refractivity contribution in [2.45, 2.75) is 6.92 Å². The van der Waals surface area contributed by atoms with Gasteiger partial charge in [0.25, 0.3) is 0 Å². The van der Waals surface area contributed by atoms with Crippen LogP contribution in [-0.2, 0) is 0 Å². The Morgan fingerprint density at radius 1 is 1.38 bits per heavy atom. The van der Waals surface area contributed by atoms with Crippen LogP contribution in [0.15, 0.2) is 16.5 Å². The molecular weight excluding hydrogens is 176 g/mol. The van der Waals surface area contributed by atoms with Gasteiger partial charge in [0.2, 0.25) is 5.76 Å². The molecule has 13 heavy (non-hydrogen) atoms. The first-order valence-electron chi connectivity index (χ1n) is 3.63. The van der Waals surface area contributed by atoms with Crippen molar-refractivity contribution in [1.29, 1.82) is 0 Å². The molecule has 0 aromatic carbocycles. The second kappa shape index (κ2) is 6.22. The molecule has 0 amide bonds. The summed E-state index contributed by atoms with van der Waals surface area (Å²) in [5.41, 5.74) is 0. The van der Waals surface area contributed by atoms with Crippen LogP contribution in [0.1, 0.15) is 16.3 Å². The van der Waals surface area contributed by atoms with Crippen molar-refractivity contribution >= 4 is 5.97 Å². The van der Waals surface area contributed by atoms with Crippen molar-refractivity contribution in [3.05, 3.63) is 23.7 Å². The van der Waals surface area contributed by atoms with Gasteiger partial charge in [-0.3, -0.25) is 0 Å². The van der Waals surface area contributed by atoms with Gasteiger partial charge >= 0.3 is 5.97 Å². The molecule has 0 aliphatic rings. The van der Waals surface area contributed by atoms with E-state index >= 15 is 0 Å². The number of carboxylic acid groups (broad SMARTS) is 1. The van der Waals surface area contributed by atoms with Crippen LogP contribution in [0.3, 0.4) is 0 Å². The quantitative estimate of drug-likeness (QED) is 0.619. The number of aryl methyl sites for hydroxylation is 1. The molecule has 1 heterocycles. The van der Waals surface area contributed by atoms with Gasteiger partial charge in [0, 0.05) is 0 Å². The van der Waals surface area contributed by atoms with Crippen LogP contribution in [-0.4, -0.2) is 34.5 Å². The SMILES string of the molecule is Cc1ccc(C(=O)O)o1.OCCO. The van der Waals surface area contributed by atoms with E-state index in [1.807, 2.05) is 0 Å². The lowest BCUT2D eigenvalue weighted by Crippen LogP contribution is -1.91. The van der Waals surface area contributed by atoms with E-state index in [0.717, 1.165) is 0 Å². The second-order valence-electron chi connectivity index (χ2n) is 2.16. The maximum Gasteiger partial charge on any atom is 0.371 e. The maximum atomic E-state index is 10.1. The van der Waals surface area contributed by atoms with Gasteiger partial charge in [-0.1, -0.05) is 0 Å². The van der Waals surface area contributed by atoms with Crippen LogP contribution in [0.4, 0.5) is 0 Å². The fourth-order valence-corrected chi connectivity index (χ4v) is 0.549. The third kappa shape index (κ3) is 5.00. The summed E-state index contributed by atoms with van der Waals surface area (Å²) in [6.45, 7) is 1.45. The van der Waals surface area contributed by atoms with Crippen LogP contribution >= 0.6 is 0 Å². The van der Waals surface area contributed by atoms with Crippen LogP contribution in [0.2, 0.25) is 0 Å². The summed E-state index contributed by atoms with van der Waals surface area (Å²) in [7, 11) is 0. The van der Waals surface area contributed by atoms with E-state index in [0.29, 0.717) is 5.76 Å². The largest absolute Gasteiger partial charge is 0.475 e. The lowest BCUT2D eigenvalue weighted by molar-refractivity contribution is 0.0661. The molecule has 3 N–H and O–H groups in total. The molecule has 1 aromatic heterocycles. The van der Waals surface area contributed by atoms with E-state index in [4.69, 9.17) is 19.7 Å². The average Bonchev–Trinajstić information content (AvgIpc) is 2.52. The molecule has 0 bridgehead atoms. The van der Waals surface area contributed by atoms with E-state index in [9.17, 15) is 4.79 Å². The van der Waals surface area contributed by atoms with Gasteiger partial charge in [-0.15, -0.1) is 0 Å². The number of hydrogen-bond acceptors (Lipinski definition) is 4. The Kier molecular flexibility index (Phi) is 5.58. The number of aliphatic hydroxyl groups excluding tert-OH is 2. The van der Waals surface area contributed by atoms with Crippen molar-refractivity contribution in [3.63, 3.8) is 0 Å². The summed E-state index contributed by atoms with van der Waals surface area (Å²) in [5, 5.41) is 23.6. The van der Waals surface area contributed by atoms with Gasteiger partial charge in [0.05, 0.1) is 13.2 Å². The third-order valence-electron chi connectivity index (χ3n) is 1.05. The van der Waals surface area contributed by atoms with Crippen LogP contribution in [0.25, 0.3) is 0 Å². The van der Waals surface area contributed by atoms with E-state index in [-0.39, 0.29) is 19.0 Å². The summed E-state index contributed by atoms with van der Waals surface area (Å²) < 4.78 is 4.75. The van der Waals surface area contributed by atoms with E-state index in [1.165, 1.54) is 6.07 Å².